The molecule has 0 spiro atoms. The summed E-state index contributed by atoms with van der Waals surface area (Å²) in [7, 11) is 0. The maximum atomic E-state index is 11.3. The molecule has 0 heterocycles. The average molecular weight is 225 g/mol. The lowest BCUT2D eigenvalue weighted by molar-refractivity contribution is 0.101. The van der Waals surface area contributed by atoms with Gasteiger partial charge in [-0.3, -0.25) is 4.79 Å². The normalized spacial score (nSPS) is 14.8. The van der Waals surface area contributed by atoms with E-state index in [1.54, 1.807) is 6.07 Å². The summed E-state index contributed by atoms with van der Waals surface area (Å²) in [5.74, 6) is -0.187. The first-order valence-electron chi connectivity index (χ1n) is 5.15. The van der Waals surface area contributed by atoms with E-state index in [1.165, 1.54) is 6.92 Å². The monoisotopic (exact) mass is 224 g/mol. The van der Waals surface area contributed by atoms with Gasteiger partial charge in [-0.15, -0.1) is 0 Å². The van der Waals surface area contributed by atoms with Crippen molar-refractivity contribution in [2.24, 2.45) is 0 Å². The topological polar surface area (TPSA) is 37.3 Å². The number of fused-ring (bicyclic) bond motifs is 1. The second-order valence-electron chi connectivity index (χ2n) is 3.99. The SMILES string of the molecule is CC(=O)c1cc2c(c(Cl)c1O)CCCC2. The van der Waals surface area contributed by atoms with Crippen LogP contribution >= 0.6 is 11.6 Å². The van der Waals surface area contributed by atoms with Crippen molar-refractivity contribution >= 4 is 17.4 Å². The van der Waals surface area contributed by atoms with E-state index in [-0.39, 0.29) is 11.5 Å². The number of aromatic hydroxyl groups is 1. The number of benzene rings is 1. The molecule has 80 valence electrons. The number of halogens is 1. The fourth-order valence-electron chi connectivity index (χ4n) is 2.11. The Morgan fingerprint density at radius 2 is 2.07 bits per heavy atom. The third-order valence-corrected chi connectivity index (χ3v) is 3.34. The van der Waals surface area contributed by atoms with Crippen LogP contribution in [0, 0.1) is 0 Å². The number of Topliss-reactive ketones (excluding diaryl/α,β-unsaturated/α-hetero) is 1. The van der Waals surface area contributed by atoms with Gasteiger partial charge in [0.15, 0.2) is 5.78 Å². The van der Waals surface area contributed by atoms with E-state index in [0.717, 1.165) is 36.8 Å². The smallest absolute Gasteiger partial charge is 0.163 e. The molecule has 0 fully saturated rings. The van der Waals surface area contributed by atoms with Gasteiger partial charge in [-0.1, -0.05) is 11.6 Å². The maximum absolute atomic E-state index is 11.3. The summed E-state index contributed by atoms with van der Waals surface area (Å²) < 4.78 is 0. The van der Waals surface area contributed by atoms with Gasteiger partial charge in [0.05, 0.1) is 10.6 Å². The Labute approximate surface area is 93.9 Å². The lowest BCUT2D eigenvalue weighted by atomic mass is 9.89. The van der Waals surface area contributed by atoms with Crippen LogP contribution in [0.15, 0.2) is 6.07 Å². The molecule has 1 aromatic carbocycles. The molecule has 1 aliphatic rings. The molecule has 0 atom stereocenters. The zero-order chi connectivity index (χ0) is 11.0. The van der Waals surface area contributed by atoms with Crippen molar-refractivity contribution < 1.29 is 9.90 Å². The molecular weight excluding hydrogens is 212 g/mol. The van der Waals surface area contributed by atoms with Crippen molar-refractivity contribution in [3.8, 4) is 5.75 Å². The second kappa shape index (κ2) is 3.86. The molecule has 1 N–H and O–H groups in total. The van der Waals surface area contributed by atoms with Gasteiger partial charge in [-0.05, 0) is 49.8 Å². The number of ketones is 1. The van der Waals surface area contributed by atoms with E-state index in [0.29, 0.717) is 10.6 Å². The van der Waals surface area contributed by atoms with Crippen LogP contribution in [0.5, 0.6) is 5.75 Å². The summed E-state index contributed by atoms with van der Waals surface area (Å²) in [5.41, 5.74) is 2.49. The van der Waals surface area contributed by atoms with Crippen LogP contribution in [0.2, 0.25) is 5.02 Å². The molecule has 0 unspecified atom stereocenters. The minimum Gasteiger partial charge on any atom is -0.506 e. The Hall–Kier alpha value is -1.02. The molecule has 1 aliphatic carbocycles. The molecule has 0 aromatic heterocycles. The molecular formula is C12H13ClO2. The molecule has 2 rings (SSSR count). The van der Waals surface area contributed by atoms with Crippen LogP contribution in [-0.4, -0.2) is 10.9 Å². The van der Waals surface area contributed by atoms with Crippen molar-refractivity contribution in [1.29, 1.82) is 0 Å². The van der Waals surface area contributed by atoms with E-state index in [1.807, 2.05) is 0 Å². The first-order valence-corrected chi connectivity index (χ1v) is 5.53. The van der Waals surface area contributed by atoms with E-state index in [4.69, 9.17) is 11.6 Å². The summed E-state index contributed by atoms with van der Waals surface area (Å²) in [6, 6.07) is 1.79. The number of carbonyl (C=O) groups is 1. The molecule has 0 amide bonds. The van der Waals surface area contributed by atoms with Crippen LogP contribution in [0.1, 0.15) is 41.3 Å². The molecule has 0 bridgehead atoms. The average Bonchev–Trinajstić information content (AvgIpc) is 2.23. The Bertz CT molecular complexity index is 424. The van der Waals surface area contributed by atoms with Gasteiger partial charge in [0, 0.05) is 0 Å². The summed E-state index contributed by atoms with van der Waals surface area (Å²) in [5, 5.41) is 10.1. The van der Waals surface area contributed by atoms with E-state index >= 15 is 0 Å². The van der Waals surface area contributed by atoms with E-state index in [2.05, 4.69) is 0 Å². The molecule has 2 nitrogen and oxygen atoms in total. The van der Waals surface area contributed by atoms with Gasteiger partial charge in [0.1, 0.15) is 5.75 Å². The third kappa shape index (κ3) is 1.74. The van der Waals surface area contributed by atoms with Crippen LogP contribution < -0.4 is 0 Å². The fourth-order valence-corrected chi connectivity index (χ4v) is 2.43. The van der Waals surface area contributed by atoms with Crippen LogP contribution in [0.25, 0.3) is 0 Å². The lowest BCUT2D eigenvalue weighted by Gasteiger charge is -2.19. The fraction of sp³-hybridized carbons (Fsp3) is 0.417. The van der Waals surface area contributed by atoms with Gasteiger partial charge >= 0.3 is 0 Å². The Morgan fingerprint density at radius 1 is 1.40 bits per heavy atom. The van der Waals surface area contributed by atoms with Gasteiger partial charge in [0.25, 0.3) is 0 Å². The van der Waals surface area contributed by atoms with E-state index in [9.17, 15) is 9.90 Å². The molecule has 1 aromatic rings. The molecule has 0 saturated carbocycles. The van der Waals surface area contributed by atoms with Gasteiger partial charge in [-0.2, -0.15) is 0 Å². The van der Waals surface area contributed by atoms with Crippen LogP contribution in [0.4, 0.5) is 0 Å². The minimum atomic E-state index is -0.136. The summed E-state index contributed by atoms with van der Waals surface area (Å²) in [6.07, 6.45) is 4.09. The highest BCUT2D eigenvalue weighted by Crippen LogP contribution is 2.37. The Morgan fingerprint density at radius 3 is 2.73 bits per heavy atom. The number of hydrogen-bond acceptors (Lipinski definition) is 2. The van der Waals surface area contributed by atoms with E-state index < -0.39 is 0 Å². The van der Waals surface area contributed by atoms with Gasteiger partial charge in [0.2, 0.25) is 0 Å². The minimum absolute atomic E-state index is 0.0511. The highest BCUT2D eigenvalue weighted by molar-refractivity contribution is 6.33. The van der Waals surface area contributed by atoms with Crippen molar-refractivity contribution in [2.45, 2.75) is 32.6 Å². The second-order valence-corrected chi connectivity index (χ2v) is 4.37. The van der Waals surface area contributed by atoms with Crippen molar-refractivity contribution in [3.05, 3.63) is 27.8 Å². The van der Waals surface area contributed by atoms with Crippen molar-refractivity contribution in [2.75, 3.05) is 0 Å². The van der Waals surface area contributed by atoms with Crippen LogP contribution in [-0.2, 0) is 12.8 Å². The molecule has 3 heteroatoms. The highest BCUT2D eigenvalue weighted by Gasteiger charge is 2.20. The number of phenolic OH excluding ortho intramolecular Hbond substituents is 1. The first kappa shape index (κ1) is 10.5. The Balaban J connectivity index is 2.63. The Kier molecular flexibility index (Phi) is 2.70. The maximum Gasteiger partial charge on any atom is 0.163 e. The summed E-state index contributed by atoms with van der Waals surface area (Å²) in [4.78, 5) is 11.3. The number of hydrogen-bond donors (Lipinski definition) is 1. The quantitative estimate of drug-likeness (QED) is 0.745. The lowest BCUT2D eigenvalue weighted by Crippen LogP contribution is -2.06. The van der Waals surface area contributed by atoms with Crippen molar-refractivity contribution in [3.63, 3.8) is 0 Å². The van der Waals surface area contributed by atoms with Crippen LogP contribution in [0.3, 0.4) is 0 Å². The standard InChI is InChI=1S/C12H13ClO2/c1-7(14)10-6-8-4-2-3-5-9(8)11(13)12(10)15/h6,15H,2-5H2,1H3. The summed E-state index contributed by atoms with van der Waals surface area (Å²) in [6.45, 7) is 1.45. The zero-order valence-electron chi connectivity index (χ0n) is 8.64. The van der Waals surface area contributed by atoms with Gasteiger partial charge < -0.3 is 5.11 Å². The third-order valence-electron chi connectivity index (χ3n) is 2.94. The molecule has 0 saturated heterocycles. The van der Waals surface area contributed by atoms with Crippen molar-refractivity contribution in [1.82, 2.24) is 0 Å². The summed E-state index contributed by atoms with van der Waals surface area (Å²) >= 11 is 6.06. The molecule has 15 heavy (non-hydrogen) atoms. The number of carbonyl (C=O) groups excluding carboxylic acids is 1. The number of aryl methyl sites for hydroxylation is 1. The molecule has 0 radical (unpaired) electrons. The predicted octanol–water partition coefficient (Wildman–Crippen LogP) is 3.13. The molecule has 0 aliphatic heterocycles. The van der Waals surface area contributed by atoms with Gasteiger partial charge in [-0.25, -0.2) is 0 Å². The largest absolute Gasteiger partial charge is 0.506 e. The number of phenols is 1. The predicted molar refractivity (Wildman–Crippen MR) is 59.8 cm³/mol. The first-order chi connectivity index (χ1) is 7.11. The zero-order valence-corrected chi connectivity index (χ0v) is 9.40. The number of rotatable bonds is 1. The highest BCUT2D eigenvalue weighted by atomic mass is 35.5.